The maximum Gasteiger partial charge on any atom is 0.302 e. The van der Waals surface area contributed by atoms with Crippen LogP contribution in [-0.4, -0.2) is 65.2 Å². The third-order valence-corrected chi connectivity index (χ3v) is 6.68. The van der Waals surface area contributed by atoms with E-state index in [4.69, 9.17) is 14.2 Å². The molecule has 1 spiro atoms. The summed E-state index contributed by atoms with van der Waals surface area (Å²) >= 11 is 0. The summed E-state index contributed by atoms with van der Waals surface area (Å²) in [5.74, 6) is -0.900. The van der Waals surface area contributed by atoms with E-state index in [0.29, 0.717) is 18.6 Å². The van der Waals surface area contributed by atoms with Gasteiger partial charge in [0.05, 0.1) is 24.2 Å². The van der Waals surface area contributed by atoms with Crippen molar-refractivity contribution in [2.75, 3.05) is 13.2 Å². The van der Waals surface area contributed by atoms with Crippen molar-refractivity contribution in [3.8, 4) is 0 Å². The van der Waals surface area contributed by atoms with Crippen LogP contribution < -0.4 is 0 Å². The number of aliphatic hydroxyl groups is 2. The van der Waals surface area contributed by atoms with Gasteiger partial charge in [0.1, 0.15) is 24.4 Å². The number of carbonyl (C=O) groups excluding carboxylic acids is 2. The quantitative estimate of drug-likeness (QED) is 0.527. The first-order valence-corrected chi connectivity index (χ1v) is 8.21. The predicted molar refractivity (Wildman–Crippen MR) is 79.9 cm³/mol. The van der Waals surface area contributed by atoms with Crippen LogP contribution in [0.25, 0.3) is 0 Å². The zero-order chi connectivity index (χ0) is 17.5. The summed E-state index contributed by atoms with van der Waals surface area (Å²) < 4.78 is 17.1. The second-order valence-corrected chi connectivity index (χ2v) is 7.70. The van der Waals surface area contributed by atoms with Crippen LogP contribution in [0, 0.1) is 10.8 Å². The number of ketones is 1. The average molecular weight is 338 g/mol. The van der Waals surface area contributed by atoms with Crippen molar-refractivity contribution in [2.45, 2.75) is 57.2 Å². The molecule has 0 aromatic rings. The van der Waals surface area contributed by atoms with Gasteiger partial charge in [-0.05, 0) is 25.0 Å². The first kappa shape index (κ1) is 16.2. The zero-order valence-corrected chi connectivity index (χ0v) is 13.9. The van der Waals surface area contributed by atoms with Crippen molar-refractivity contribution in [3.05, 3.63) is 11.6 Å². The Morgan fingerprint density at radius 2 is 2.12 bits per heavy atom. The van der Waals surface area contributed by atoms with Crippen LogP contribution in [0.3, 0.4) is 0 Å². The highest BCUT2D eigenvalue weighted by Crippen LogP contribution is 2.71. The monoisotopic (exact) mass is 338 g/mol. The van der Waals surface area contributed by atoms with Gasteiger partial charge in [0.15, 0.2) is 5.78 Å². The van der Waals surface area contributed by atoms with Gasteiger partial charge in [0.2, 0.25) is 0 Å². The molecule has 3 fully saturated rings. The first-order chi connectivity index (χ1) is 11.2. The lowest BCUT2D eigenvalue weighted by Gasteiger charge is -2.58. The smallest absolute Gasteiger partial charge is 0.302 e. The van der Waals surface area contributed by atoms with Crippen molar-refractivity contribution in [1.82, 2.24) is 0 Å². The number of hydrogen-bond donors (Lipinski definition) is 2. The number of hydrogen-bond acceptors (Lipinski definition) is 7. The van der Waals surface area contributed by atoms with E-state index in [1.54, 1.807) is 13.0 Å². The van der Waals surface area contributed by atoms with Gasteiger partial charge >= 0.3 is 5.97 Å². The van der Waals surface area contributed by atoms with E-state index in [1.807, 2.05) is 6.92 Å². The Morgan fingerprint density at radius 3 is 2.71 bits per heavy atom. The minimum absolute atomic E-state index is 0.162. The second kappa shape index (κ2) is 4.66. The number of Topliss-reactive ketones (excluding diaryl/α,β-unsaturated/α-hetero) is 1. The fraction of sp³-hybridized carbons (Fsp3) is 0.765. The molecule has 0 aromatic carbocycles. The molecule has 2 saturated heterocycles. The SMILES string of the molecule is CC(=O)OC[C@@]12C(C=C(C)C(=O)[C@H]1O)OC1[C@H](O)C[C@@]2(C)C12CO2. The van der Waals surface area contributed by atoms with Crippen LogP contribution in [0.1, 0.15) is 27.2 Å². The van der Waals surface area contributed by atoms with E-state index < -0.39 is 52.6 Å². The molecule has 0 aromatic heterocycles. The Labute approximate surface area is 139 Å². The molecule has 24 heavy (non-hydrogen) atoms. The van der Waals surface area contributed by atoms with Crippen LogP contribution >= 0.6 is 0 Å². The molecule has 2 aliphatic heterocycles. The standard InChI is InChI=1S/C17H22O7/c1-8-4-11-16(6-22-9(2)18,13(21)12(8)20)15(3)5-10(19)14(24-11)17(15)7-23-17/h4,10-11,13-14,19,21H,5-7H2,1-3H3/t10-,11?,13-,14?,15-,16-,17?/m1/s1. The molecule has 2 N–H and O–H groups in total. The molecule has 2 bridgehead atoms. The third kappa shape index (κ3) is 1.61. The molecule has 7 atom stereocenters. The van der Waals surface area contributed by atoms with Gasteiger partial charge in [-0.1, -0.05) is 6.92 Å². The summed E-state index contributed by atoms with van der Waals surface area (Å²) in [6.07, 6.45) is -1.30. The van der Waals surface area contributed by atoms with Gasteiger partial charge in [-0.25, -0.2) is 0 Å². The summed E-state index contributed by atoms with van der Waals surface area (Å²) in [5.41, 5.74) is -2.27. The minimum Gasteiger partial charge on any atom is -0.465 e. The van der Waals surface area contributed by atoms with E-state index in [0.717, 1.165) is 0 Å². The van der Waals surface area contributed by atoms with Crippen LogP contribution in [0.15, 0.2) is 11.6 Å². The number of aliphatic hydroxyl groups excluding tert-OH is 2. The molecule has 2 aliphatic carbocycles. The summed E-state index contributed by atoms with van der Waals surface area (Å²) in [6, 6.07) is 0. The van der Waals surface area contributed by atoms with E-state index in [9.17, 15) is 19.8 Å². The van der Waals surface area contributed by atoms with Gasteiger partial charge in [-0.15, -0.1) is 0 Å². The van der Waals surface area contributed by atoms with Gasteiger partial charge < -0.3 is 24.4 Å². The summed E-state index contributed by atoms with van der Waals surface area (Å²) in [5, 5.41) is 21.4. The van der Waals surface area contributed by atoms with E-state index in [2.05, 4.69) is 0 Å². The van der Waals surface area contributed by atoms with Crippen LogP contribution in [0.5, 0.6) is 0 Å². The third-order valence-electron chi connectivity index (χ3n) is 6.68. The van der Waals surface area contributed by atoms with Crippen LogP contribution in [0.2, 0.25) is 0 Å². The van der Waals surface area contributed by atoms with Gasteiger partial charge in [0.25, 0.3) is 0 Å². The first-order valence-electron chi connectivity index (χ1n) is 8.21. The number of carbonyl (C=O) groups is 2. The molecule has 1 saturated carbocycles. The largest absolute Gasteiger partial charge is 0.465 e. The fourth-order valence-corrected chi connectivity index (χ4v) is 5.21. The van der Waals surface area contributed by atoms with E-state index in [-0.39, 0.29) is 6.61 Å². The Morgan fingerprint density at radius 1 is 1.46 bits per heavy atom. The van der Waals surface area contributed by atoms with E-state index in [1.165, 1.54) is 6.92 Å². The summed E-state index contributed by atoms with van der Waals surface area (Å²) in [7, 11) is 0. The number of fused-ring (bicyclic) bond motifs is 2. The van der Waals surface area contributed by atoms with Gasteiger partial charge in [0, 0.05) is 12.3 Å². The van der Waals surface area contributed by atoms with Gasteiger partial charge in [-0.3, -0.25) is 9.59 Å². The van der Waals surface area contributed by atoms with Crippen molar-refractivity contribution < 1.29 is 34.0 Å². The zero-order valence-electron chi connectivity index (χ0n) is 13.9. The lowest BCUT2D eigenvalue weighted by Crippen LogP contribution is -2.70. The van der Waals surface area contributed by atoms with Crippen molar-refractivity contribution >= 4 is 11.8 Å². The average Bonchev–Trinajstić information content (AvgIpc) is 3.27. The number of esters is 1. The maximum absolute atomic E-state index is 12.5. The normalized spacial score (nSPS) is 52.0. The van der Waals surface area contributed by atoms with E-state index >= 15 is 0 Å². The Kier molecular flexibility index (Phi) is 3.15. The number of ether oxygens (including phenoxy) is 3. The van der Waals surface area contributed by atoms with Crippen molar-refractivity contribution in [3.63, 3.8) is 0 Å². The topological polar surface area (TPSA) is 106 Å². The maximum atomic E-state index is 12.5. The Balaban J connectivity index is 1.89. The molecular formula is C17H22O7. The molecule has 132 valence electrons. The summed E-state index contributed by atoms with van der Waals surface area (Å²) in [4.78, 5) is 24.0. The molecule has 0 radical (unpaired) electrons. The highest BCUT2D eigenvalue weighted by Gasteiger charge is 2.83. The van der Waals surface area contributed by atoms with Crippen LogP contribution in [-0.2, 0) is 23.8 Å². The highest BCUT2D eigenvalue weighted by atomic mass is 16.6. The Hall–Kier alpha value is -1.28. The molecule has 7 heteroatoms. The molecule has 4 aliphatic rings. The molecule has 3 unspecified atom stereocenters. The van der Waals surface area contributed by atoms with Crippen molar-refractivity contribution in [1.29, 1.82) is 0 Å². The molecule has 2 heterocycles. The Bertz CT molecular complexity index is 651. The molecule has 7 nitrogen and oxygen atoms in total. The molecule has 4 rings (SSSR count). The summed E-state index contributed by atoms with van der Waals surface area (Å²) in [6.45, 7) is 5.04. The lowest BCUT2D eigenvalue weighted by molar-refractivity contribution is -0.247. The number of epoxide rings is 1. The molecule has 0 amide bonds. The van der Waals surface area contributed by atoms with Crippen molar-refractivity contribution in [2.24, 2.45) is 10.8 Å². The lowest BCUT2D eigenvalue weighted by atomic mass is 9.50. The van der Waals surface area contributed by atoms with Gasteiger partial charge in [-0.2, -0.15) is 0 Å². The fourth-order valence-electron chi connectivity index (χ4n) is 5.21. The highest BCUT2D eigenvalue weighted by molar-refractivity contribution is 6.00. The minimum atomic E-state index is -1.39. The number of rotatable bonds is 2. The van der Waals surface area contributed by atoms with Crippen LogP contribution in [0.4, 0.5) is 0 Å². The predicted octanol–water partition coefficient (Wildman–Crippen LogP) is -0.267. The second-order valence-electron chi connectivity index (χ2n) is 7.70. The molecular weight excluding hydrogens is 316 g/mol.